The standard InChI is InChI=1S/C13H13BrN4O/c1-17-7-5-16-11(17)3-6-18-8-10-12(13(18)19)9(14)2-4-15-10/h2,4-5,7H,3,6,8H2,1H3. The zero-order chi connectivity index (χ0) is 13.4. The fraction of sp³-hybridized carbons (Fsp3) is 0.308. The molecule has 6 heteroatoms. The smallest absolute Gasteiger partial charge is 0.257 e. The molecule has 0 atom stereocenters. The summed E-state index contributed by atoms with van der Waals surface area (Å²) in [7, 11) is 1.96. The molecule has 0 aliphatic carbocycles. The average molecular weight is 321 g/mol. The summed E-state index contributed by atoms with van der Waals surface area (Å²) in [5.41, 5.74) is 1.54. The molecule has 0 bridgehead atoms. The van der Waals surface area contributed by atoms with Crippen LogP contribution >= 0.6 is 15.9 Å². The molecule has 2 aromatic rings. The molecule has 19 heavy (non-hydrogen) atoms. The summed E-state index contributed by atoms with van der Waals surface area (Å²) in [5, 5.41) is 0. The molecule has 3 rings (SSSR count). The van der Waals surface area contributed by atoms with Crippen LogP contribution < -0.4 is 0 Å². The van der Waals surface area contributed by atoms with E-state index in [-0.39, 0.29) is 5.91 Å². The van der Waals surface area contributed by atoms with Crippen molar-refractivity contribution < 1.29 is 4.79 Å². The van der Waals surface area contributed by atoms with Gasteiger partial charge < -0.3 is 9.47 Å². The van der Waals surface area contributed by atoms with Gasteiger partial charge in [0.05, 0.1) is 17.8 Å². The van der Waals surface area contributed by atoms with E-state index in [1.54, 1.807) is 18.5 Å². The lowest BCUT2D eigenvalue weighted by molar-refractivity contribution is 0.0778. The zero-order valence-corrected chi connectivity index (χ0v) is 12.1. The van der Waals surface area contributed by atoms with Crippen molar-refractivity contribution in [3.8, 4) is 0 Å². The van der Waals surface area contributed by atoms with Crippen LogP contribution in [0.5, 0.6) is 0 Å². The van der Waals surface area contributed by atoms with Crippen molar-refractivity contribution in [3.63, 3.8) is 0 Å². The van der Waals surface area contributed by atoms with Crippen molar-refractivity contribution in [1.29, 1.82) is 0 Å². The van der Waals surface area contributed by atoms with Crippen molar-refractivity contribution in [3.05, 3.63) is 46.2 Å². The first kappa shape index (κ1) is 12.3. The maximum atomic E-state index is 12.3. The number of halogens is 1. The Morgan fingerprint density at radius 2 is 2.21 bits per heavy atom. The number of imidazole rings is 1. The number of carbonyl (C=O) groups excluding carboxylic acids is 1. The summed E-state index contributed by atoms with van der Waals surface area (Å²) in [6.45, 7) is 1.24. The van der Waals surface area contributed by atoms with Gasteiger partial charge in [-0.1, -0.05) is 0 Å². The Bertz CT molecular complexity index is 637. The molecule has 0 fully saturated rings. The lowest BCUT2D eigenvalue weighted by Crippen LogP contribution is -2.27. The first-order chi connectivity index (χ1) is 9.16. The molecule has 0 saturated carbocycles. The Kier molecular flexibility index (Phi) is 3.10. The molecule has 98 valence electrons. The second-order valence-electron chi connectivity index (χ2n) is 4.55. The third-order valence-corrected chi connectivity index (χ3v) is 4.01. The van der Waals surface area contributed by atoms with Crippen molar-refractivity contribution in [1.82, 2.24) is 19.4 Å². The van der Waals surface area contributed by atoms with Gasteiger partial charge in [-0.3, -0.25) is 9.78 Å². The minimum absolute atomic E-state index is 0.0455. The number of nitrogens with zero attached hydrogens (tertiary/aromatic N) is 4. The normalized spacial score (nSPS) is 14.0. The highest BCUT2D eigenvalue weighted by Crippen LogP contribution is 2.27. The fourth-order valence-electron chi connectivity index (χ4n) is 2.29. The summed E-state index contributed by atoms with van der Waals surface area (Å²) < 4.78 is 2.80. The molecule has 2 aromatic heterocycles. The second kappa shape index (κ2) is 4.77. The van der Waals surface area contributed by atoms with Gasteiger partial charge in [0.2, 0.25) is 0 Å². The predicted molar refractivity (Wildman–Crippen MR) is 73.6 cm³/mol. The van der Waals surface area contributed by atoms with Crippen molar-refractivity contribution >= 4 is 21.8 Å². The highest BCUT2D eigenvalue weighted by atomic mass is 79.9. The molecule has 1 aliphatic heterocycles. The number of aromatic nitrogens is 3. The molecule has 1 amide bonds. The minimum Gasteiger partial charge on any atom is -0.338 e. The Labute approximate surface area is 119 Å². The largest absolute Gasteiger partial charge is 0.338 e. The zero-order valence-electron chi connectivity index (χ0n) is 10.5. The van der Waals surface area contributed by atoms with E-state index in [0.717, 1.165) is 22.4 Å². The van der Waals surface area contributed by atoms with Crippen LogP contribution in [0.15, 0.2) is 29.1 Å². The molecule has 0 saturated heterocycles. The molecule has 5 nitrogen and oxygen atoms in total. The lowest BCUT2D eigenvalue weighted by atomic mass is 10.2. The molecule has 0 spiro atoms. The third kappa shape index (κ3) is 2.16. The van der Waals surface area contributed by atoms with Gasteiger partial charge in [-0.25, -0.2) is 4.98 Å². The van der Waals surface area contributed by atoms with Crippen LogP contribution in [0.1, 0.15) is 21.9 Å². The van der Waals surface area contributed by atoms with Gasteiger partial charge in [0.1, 0.15) is 5.82 Å². The Balaban J connectivity index is 1.74. The number of amides is 1. The number of hydrogen-bond donors (Lipinski definition) is 0. The summed E-state index contributed by atoms with van der Waals surface area (Å²) in [4.78, 5) is 22.6. The van der Waals surface area contributed by atoms with Crippen molar-refractivity contribution in [2.24, 2.45) is 7.05 Å². The third-order valence-electron chi connectivity index (χ3n) is 3.35. The fourth-order valence-corrected chi connectivity index (χ4v) is 2.80. The van der Waals surface area contributed by atoms with Crippen molar-refractivity contribution in [2.75, 3.05) is 6.54 Å². The van der Waals surface area contributed by atoms with Crippen LogP contribution in [0.25, 0.3) is 0 Å². The lowest BCUT2D eigenvalue weighted by Gasteiger charge is -2.14. The highest BCUT2D eigenvalue weighted by molar-refractivity contribution is 9.10. The summed E-state index contributed by atoms with van der Waals surface area (Å²) >= 11 is 3.41. The number of rotatable bonds is 3. The number of pyridine rings is 1. The molecule has 0 unspecified atom stereocenters. The monoisotopic (exact) mass is 320 g/mol. The van der Waals surface area contributed by atoms with E-state index in [2.05, 4.69) is 25.9 Å². The Hall–Kier alpha value is -1.69. The van der Waals surface area contributed by atoms with Crippen LogP contribution in [-0.4, -0.2) is 31.9 Å². The average Bonchev–Trinajstić information content (AvgIpc) is 2.92. The van der Waals surface area contributed by atoms with Gasteiger partial charge in [0.25, 0.3) is 5.91 Å². The van der Waals surface area contributed by atoms with E-state index < -0.39 is 0 Å². The van der Waals surface area contributed by atoms with Gasteiger partial charge in [-0.05, 0) is 22.0 Å². The van der Waals surface area contributed by atoms with Crippen LogP contribution in [0.3, 0.4) is 0 Å². The number of carbonyl (C=O) groups is 1. The van der Waals surface area contributed by atoms with Gasteiger partial charge >= 0.3 is 0 Å². The molecule has 1 aliphatic rings. The van der Waals surface area contributed by atoms with Gasteiger partial charge in [-0.15, -0.1) is 0 Å². The number of fused-ring (bicyclic) bond motifs is 1. The molecular formula is C13H13BrN4O. The van der Waals surface area contributed by atoms with E-state index >= 15 is 0 Å². The highest BCUT2D eigenvalue weighted by Gasteiger charge is 2.30. The Morgan fingerprint density at radius 3 is 2.89 bits per heavy atom. The van der Waals surface area contributed by atoms with Crippen LogP contribution in [0.4, 0.5) is 0 Å². The topological polar surface area (TPSA) is 51.0 Å². The van der Waals surface area contributed by atoms with Gasteiger partial charge in [0.15, 0.2) is 0 Å². The maximum absolute atomic E-state index is 12.3. The molecule has 0 N–H and O–H groups in total. The number of aryl methyl sites for hydroxylation is 1. The predicted octanol–water partition coefficient (Wildman–Crippen LogP) is 1.78. The van der Waals surface area contributed by atoms with E-state index in [0.29, 0.717) is 18.7 Å². The van der Waals surface area contributed by atoms with E-state index in [1.807, 2.05) is 22.7 Å². The van der Waals surface area contributed by atoms with Crippen molar-refractivity contribution in [2.45, 2.75) is 13.0 Å². The van der Waals surface area contributed by atoms with Crippen LogP contribution in [-0.2, 0) is 20.0 Å². The van der Waals surface area contributed by atoms with Gasteiger partial charge in [0, 0.05) is 43.1 Å². The van der Waals surface area contributed by atoms with Gasteiger partial charge in [-0.2, -0.15) is 0 Å². The van der Waals surface area contributed by atoms with Crippen LogP contribution in [0, 0.1) is 0 Å². The first-order valence-electron chi connectivity index (χ1n) is 6.05. The van der Waals surface area contributed by atoms with E-state index in [4.69, 9.17) is 0 Å². The summed E-state index contributed by atoms with van der Waals surface area (Å²) in [5.74, 6) is 1.03. The quantitative estimate of drug-likeness (QED) is 0.866. The minimum atomic E-state index is 0.0455. The van der Waals surface area contributed by atoms with E-state index in [1.165, 1.54) is 0 Å². The van der Waals surface area contributed by atoms with E-state index in [9.17, 15) is 4.79 Å². The SMILES string of the molecule is Cn1ccnc1CCN1Cc2nccc(Br)c2C1=O. The first-order valence-corrected chi connectivity index (χ1v) is 6.85. The summed E-state index contributed by atoms with van der Waals surface area (Å²) in [6, 6.07) is 1.80. The second-order valence-corrected chi connectivity index (χ2v) is 5.40. The molecular weight excluding hydrogens is 308 g/mol. The molecule has 0 aromatic carbocycles. The number of hydrogen-bond acceptors (Lipinski definition) is 3. The summed E-state index contributed by atoms with van der Waals surface area (Å²) in [6.07, 6.45) is 6.15. The molecule has 3 heterocycles. The Morgan fingerprint density at radius 1 is 1.37 bits per heavy atom. The molecule has 0 radical (unpaired) electrons. The van der Waals surface area contributed by atoms with Crippen LogP contribution in [0.2, 0.25) is 0 Å². The maximum Gasteiger partial charge on any atom is 0.257 e.